The van der Waals surface area contributed by atoms with Crippen molar-refractivity contribution in [2.75, 3.05) is 46.9 Å². The largest absolute Gasteiger partial charge is 0.496 e. The number of likely N-dealkylation sites (N-methyl/N-ethyl adjacent to an activating group) is 1. The maximum atomic E-state index is 10.7. The van der Waals surface area contributed by atoms with Crippen molar-refractivity contribution >= 4 is 21.9 Å². The molecule has 0 radical (unpaired) electrons. The summed E-state index contributed by atoms with van der Waals surface area (Å²) in [4.78, 5) is 14.8. The lowest BCUT2D eigenvalue weighted by Crippen LogP contribution is -2.47. The molecule has 23 heavy (non-hydrogen) atoms. The van der Waals surface area contributed by atoms with Gasteiger partial charge >= 0.3 is 5.97 Å². The molecule has 1 unspecified atom stereocenters. The van der Waals surface area contributed by atoms with Crippen molar-refractivity contribution in [2.24, 2.45) is 0 Å². The zero-order chi connectivity index (χ0) is 16.8. The fourth-order valence-corrected chi connectivity index (χ4v) is 3.20. The summed E-state index contributed by atoms with van der Waals surface area (Å²) >= 11 is 3.50. The van der Waals surface area contributed by atoms with E-state index >= 15 is 0 Å². The van der Waals surface area contributed by atoms with Crippen LogP contribution < -0.4 is 4.74 Å². The molecule has 6 nitrogen and oxygen atoms in total. The van der Waals surface area contributed by atoms with Gasteiger partial charge in [-0.15, -0.1) is 0 Å². The number of carboxylic acid groups (broad SMARTS) is 1. The summed E-state index contributed by atoms with van der Waals surface area (Å²) in [5, 5.41) is 8.83. The monoisotopic (exact) mass is 386 g/mol. The van der Waals surface area contributed by atoms with Crippen molar-refractivity contribution < 1.29 is 19.4 Å². The van der Waals surface area contributed by atoms with E-state index in [2.05, 4.69) is 26.9 Å². The van der Waals surface area contributed by atoms with E-state index in [1.54, 1.807) is 19.1 Å². The number of morpholine rings is 1. The molecule has 1 heterocycles. The van der Waals surface area contributed by atoms with Gasteiger partial charge in [0.15, 0.2) is 0 Å². The Kier molecular flexibility index (Phi) is 6.83. The Morgan fingerprint density at radius 1 is 1.57 bits per heavy atom. The van der Waals surface area contributed by atoms with Gasteiger partial charge < -0.3 is 14.6 Å². The van der Waals surface area contributed by atoms with Gasteiger partial charge in [0.25, 0.3) is 0 Å². The first-order chi connectivity index (χ1) is 11.0. The summed E-state index contributed by atoms with van der Waals surface area (Å²) in [6.45, 7) is 3.71. The van der Waals surface area contributed by atoms with Gasteiger partial charge in [0.2, 0.25) is 0 Å². The van der Waals surface area contributed by atoms with E-state index < -0.39 is 5.97 Å². The molecule has 0 saturated carbocycles. The zero-order valence-corrected chi connectivity index (χ0v) is 15.1. The van der Waals surface area contributed by atoms with Gasteiger partial charge in [-0.1, -0.05) is 15.9 Å². The smallest absolute Gasteiger partial charge is 0.317 e. The van der Waals surface area contributed by atoms with Crippen LogP contribution in [0.4, 0.5) is 0 Å². The number of methoxy groups -OCH3 is 1. The van der Waals surface area contributed by atoms with Gasteiger partial charge in [0.1, 0.15) is 5.75 Å². The minimum Gasteiger partial charge on any atom is -0.496 e. The molecule has 1 fully saturated rings. The van der Waals surface area contributed by atoms with Gasteiger partial charge in [0.05, 0.1) is 26.4 Å². The third kappa shape index (κ3) is 5.76. The van der Waals surface area contributed by atoms with Crippen LogP contribution in [0.5, 0.6) is 5.75 Å². The topological polar surface area (TPSA) is 62.2 Å². The molecule has 128 valence electrons. The van der Waals surface area contributed by atoms with Gasteiger partial charge in [-0.25, -0.2) is 0 Å². The first-order valence-electron chi connectivity index (χ1n) is 7.54. The lowest BCUT2D eigenvalue weighted by Gasteiger charge is -2.34. The van der Waals surface area contributed by atoms with Crippen molar-refractivity contribution in [3.63, 3.8) is 0 Å². The van der Waals surface area contributed by atoms with Crippen LogP contribution in [-0.2, 0) is 16.1 Å². The second kappa shape index (κ2) is 8.63. The molecule has 1 aliphatic rings. The number of hydrogen-bond acceptors (Lipinski definition) is 5. The maximum Gasteiger partial charge on any atom is 0.317 e. The number of benzene rings is 1. The van der Waals surface area contributed by atoms with E-state index in [0.29, 0.717) is 13.2 Å². The van der Waals surface area contributed by atoms with Gasteiger partial charge in [-0.3, -0.25) is 14.6 Å². The van der Waals surface area contributed by atoms with Crippen LogP contribution in [0.3, 0.4) is 0 Å². The average molecular weight is 387 g/mol. The Balaban J connectivity index is 1.93. The van der Waals surface area contributed by atoms with E-state index in [1.165, 1.54) is 0 Å². The predicted molar refractivity (Wildman–Crippen MR) is 90.8 cm³/mol. The summed E-state index contributed by atoms with van der Waals surface area (Å²) in [6.07, 6.45) is 0.0197. The zero-order valence-electron chi connectivity index (χ0n) is 13.5. The number of halogens is 1. The normalized spacial score (nSPS) is 19.0. The lowest BCUT2D eigenvalue weighted by molar-refractivity contribution is -0.138. The highest BCUT2D eigenvalue weighted by Crippen LogP contribution is 2.25. The summed E-state index contributed by atoms with van der Waals surface area (Å²) < 4.78 is 12.2. The number of hydrogen-bond donors (Lipinski definition) is 1. The van der Waals surface area contributed by atoms with Crippen molar-refractivity contribution in [1.29, 1.82) is 0 Å². The van der Waals surface area contributed by atoms with Crippen LogP contribution in [0.1, 0.15) is 5.56 Å². The number of carboxylic acids is 1. The fraction of sp³-hybridized carbons (Fsp3) is 0.562. The van der Waals surface area contributed by atoms with Crippen LogP contribution in [0.15, 0.2) is 22.7 Å². The Labute approximate surface area is 145 Å². The van der Waals surface area contributed by atoms with Gasteiger partial charge in [-0.05, 0) is 25.2 Å². The molecular weight excluding hydrogens is 364 g/mol. The molecule has 1 atom stereocenters. The van der Waals surface area contributed by atoms with Crippen LogP contribution in [0.2, 0.25) is 0 Å². The number of carbonyl (C=O) groups is 1. The third-order valence-electron chi connectivity index (χ3n) is 3.78. The number of aliphatic carboxylic acids is 1. The Bertz CT molecular complexity index is 541. The second-order valence-corrected chi connectivity index (χ2v) is 6.69. The molecule has 7 heteroatoms. The minimum absolute atomic E-state index is 0.0197. The highest BCUT2D eigenvalue weighted by atomic mass is 79.9. The summed E-state index contributed by atoms with van der Waals surface area (Å²) in [5.41, 5.74) is 1.13. The van der Waals surface area contributed by atoms with Gasteiger partial charge in [-0.2, -0.15) is 0 Å². The molecule has 1 N–H and O–H groups in total. The molecule has 0 bridgehead atoms. The van der Waals surface area contributed by atoms with E-state index in [-0.39, 0.29) is 12.6 Å². The molecule has 1 aliphatic heterocycles. The van der Waals surface area contributed by atoms with Crippen LogP contribution in [0.25, 0.3) is 0 Å². The van der Waals surface area contributed by atoms with E-state index in [0.717, 1.165) is 35.4 Å². The standard InChI is InChI=1S/C16H23BrN2O4/c1-18(11-16(20)21)9-14-10-19(5-6-23-14)8-12-7-13(17)3-4-15(12)22-2/h3-4,7,14H,5-6,8-11H2,1-2H3,(H,20,21). The van der Waals surface area contributed by atoms with E-state index in [1.807, 2.05) is 12.1 Å². The summed E-state index contributed by atoms with van der Waals surface area (Å²) in [5.74, 6) is 0.0540. The van der Waals surface area contributed by atoms with Crippen LogP contribution in [-0.4, -0.2) is 73.9 Å². The minimum atomic E-state index is -0.820. The lowest BCUT2D eigenvalue weighted by atomic mass is 10.1. The molecule has 0 amide bonds. The fourth-order valence-electron chi connectivity index (χ4n) is 2.79. The van der Waals surface area contributed by atoms with Crippen molar-refractivity contribution in [2.45, 2.75) is 12.6 Å². The predicted octanol–water partition coefficient (Wildman–Crippen LogP) is 1.67. The first-order valence-corrected chi connectivity index (χ1v) is 8.34. The quantitative estimate of drug-likeness (QED) is 0.768. The highest BCUT2D eigenvalue weighted by molar-refractivity contribution is 9.10. The highest BCUT2D eigenvalue weighted by Gasteiger charge is 2.23. The van der Waals surface area contributed by atoms with Crippen LogP contribution >= 0.6 is 15.9 Å². The van der Waals surface area contributed by atoms with Crippen LogP contribution in [0, 0.1) is 0 Å². The molecule has 1 saturated heterocycles. The first kappa shape index (κ1) is 18.2. The van der Waals surface area contributed by atoms with Crippen molar-refractivity contribution in [3.05, 3.63) is 28.2 Å². The Hall–Kier alpha value is -1.15. The molecular formula is C16H23BrN2O4. The summed E-state index contributed by atoms with van der Waals surface area (Å²) in [7, 11) is 3.48. The SMILES string of the molecule is COc1ccc(Br)cc1CN1CCOC(CN(C)CC(=O)O)C1. The molecule has 0 spiro atoms. The number of nitrogens with zero attached hydrogens (tertiary/aromatic N) is 2. The second-order valence-electron chi connectivity index (χ2n) is 5.77. The van der Waals surface area contributed by atoms with E-state index in [9.17, 15) is 4.79 Å². The third-order valence-corrected chi connectivity index (χ3v) is 4.27. The molecule has 2 rings (SSSR count). The average Bonchev–Trinajstić information content (AvgIpc) is 2.47. The number of ether oxygens (including phenoxy) is 2. The van der Waals surface area contributed by atoms with Gasteiger partial charge in [0, 0.05) is 36.2 Å². The molecule has 1 aromatic carbocycles. The molecule has 0 aromatic heterocycles. The van der Waals surface area contributed by atoms with E-state index in [4.69, 9.17) is 14.6 Å². The Morgan fingerprint density at radius 2 is 2.35 bits per heavy atom. The number of rotatable bonds is 7. The molecule has 0 aliphatic carbocycles. The Morgan fingerprint density at radius 3 is 3.04 bits per heavy atom. The maximum absolute atomic E-state index is 10.7. The molecule has 1 aromatic rings. The van der Waals surface area contributed by atoms with Crippen molar-refractivity contribution in [3.8, 4) is 5.75 Å². The van der Waals surface area contributed by atoms with Crippen molar-refractivity contribution in [1.82, 2.24) is 9.80 Å². The summed E-state index contributed by atoms with van der Waals surface area (Å²) in [6, 6.07) is 5.99.